The van der Waals surface area contributed by atoms with Crippen molar-refractivity contribution in [1.82, 2.24) is 9.80 Å². The predicted molar refractivity (Wildman–Crippen MR) is 135 cm³/mol. The summed E-state index contributed by atoms with van der Waals surface area (Å²) in [6.45, 7) is 12.0. The van der Waals surface area contributed by atoms with Crippen molar-refractivity contribution < 1.29 is 9.47 Å². The molecular weight excluding hydrogens is 410 g/mol. The minimum Gasteiger partial charge on any atom is -0.492 e. The Labute approximate surface area is 199 Å². The number of hydrogen-bond donors (Lipinski definition) is 0. The van der Waals surface area contributed by atoms with Crippen LogP contribution < -0.4 is 9.47 Å². The molecule has 1 saturated heterocycles. The van der Waals surface area contributed by atoms with E-state index in [0.29, 0.717) is 18.8 Å². The third-order valence-electron chi connectivity index (χ3n) is 6.17. The normalized spacial score (nSPS) is 14.8. The topological polar surface area (TPSA) is 48.7 Å². The Morgan fingerprint density at radius 2 is 1.52 bits per heavy atom. The molecule has 0 aromatic heterocycles. The highest BCUT2D eigenvalue weighted by molar-refractivity contribution is 5.89. The quantitative estimate of drug-likeness (QED) is 0.325. The van der Waals surface area contributed by atoms with Crippen LogP contribution in [0.4, 0.5) is 0 Å². The highest BCUT2D eigenvalue weighted by Crippen LogP contribution is 2.22. The zero-order valence-corrected chi connectivity index (χ0v) is 20.1. The summed E-state index contributed by atoms with van der Waals surface area (Å²) < 4.78 is 11.8. The van der Waals surface area contributed by atoms with Crippen molar-refractivity contribution in [1.29, 1.82) is 5.26 Å². The number of allylic oxidation sites excluding steroid dienone is 1. The van der Waals surface area contributed by atoms with Crippen molar-refractivity contribution in [2.24, 2.45) is 0 Å². The molecule has 1 fully saturated rings. The van der Waals surface area contributed by atoms with Gasteiger partial charge in [0.05, 0.1) is 11.6 Å². The lowest BCUT2D eigenvalue weighted by Gasteiger charge is -2.26. The van der Waals surface area contributed by atoms with Gasteiger partial charge < -0.3 is 14.4 Å². The Hall–Kier alpha value is -2.81. The van der Waals surface area contributed by atoms with E-state index in [1.807, 2.05) is 54.6 Å². The second-order valence-corrected chi connectivity index (χ2v) is 8.39. The average molecular weight is 448 g/mol. The van der Waals surface area contributed by atoms with Crippen LogP contribution in [0.15, 0.2) is 48.5 Å². The van der Waals surface area contributed by atoms with E-state index in [1.54, 1.807) is 0 Å². The first-order valence-corrected chi connectivity index (χ1v) is 12.2. The van der Waals surface area contributed by atoms with Gasteiger partial charge in [-0.25, -0.2) is 0 Å². The molecule has 176 valence electrons. The zero-order chi connectivity index (χ0) is 23.3. The fourth-order valence-corrected chi connectivity index (χ4v) is 4.05. The first kappa shape index (κ1) is 24.8. The predicted octanol–water partition coefficient (Wildman–Crippen LogP) is 5.34. The van der Waals surface area contributed by atoms with E-state index in [2.05, 4.69) is 29.7 Å². The lowest BCUT2D eigenvalue weighted by atomic mass is 10.0. The zero-order valence-electron chi connectivity index (χ0n) is 20.1. The molecule has 0 N–H and O–H groups in total. The van der Waals surface area contributed by atoms with Gasteiger partial charge in [0.2, 0.25) is 0 Å². The van der Waals surface area contributed by atoms with Gasteiger partial charge in [0.15, 0.2) is 0 Å². The summed E-state index contributed by atoms with van der Waals surface area (Å²) in [5.74, 6) is 1.70. The van der Waals surface area contributed by atoms with E-state index in [9.17, 15) is 5.26 Å². The number of benzene rings is 2. The Balaban J connectivity index is 1.51. The molecule has 0 atom stereocenters. The number of nitriles is 1. The van der Waals surface area contributed by atoms with Crippen LogP contribution in [-0.4, -0.2) is 62.3 Å². The Kier molecular flexibility index (Phi) is 10.3. The molecule has 0 amide bonds. The van der Waals surface area contributed by atoms with Gasteiger partial charge in [0.25, 0.3) is 0 Å². The van der Waals surface area contributed by atoms with Gasteiger partial charge >= 0.3 is 0 Å². The molecule has 0 bridgehead atoms. The molecule has 0 unspecified atom stereocenters. The SMILES string of the molecule is CCN(CC)CCOc1ccc(C(C#N)=Cc2ccc(OCCN3CCCCC3)cc2)cc1. The summed E-state index contributed by atoms with van der Waals surface area (Å²) >= 11 is 0. The summed E-state index contributed by atoms with van der Waals surface area (Å²) in [4.78, 5) is 4.80. The Bertz CT molecular complexity index is 890. The molecule has 2 aromatic rings. The number of piperidine rings is 1. The molecular formula is C28H37N3O2. The van der Waals surface area contributed by atoms with Gasteiger partial charge in [-0.3, -0.25) is 4.90 Å². The van der Waals surface area contributed by atoms with Gasteiger partial charge in [-0.2, -0.15) is 5.26 Å². The first-order valence-electron chi connectivity index (χ1n) is 12.2. The fraction of sp³-hybridized carbons (Fsp3) is 0.464. The van der Waals surface area contributed by atoms with Crippen LogP contribution in [0.25, 0.3) is 11.6 Å². The lowest BCUT2D eigenvalue weighted by molar-refractivity contribution is 0.183. The highest BCUT2D eigenvalue weighted by Gasteiger charge is 2.09. The van der Waals surface area contributed by atoms with Crippen molar-refractivity contribution in [3.63, 3.8) is 0 Å². The van der Waals surface area contributed by atoms with Crippen LogP contribution in [0, 0.1) is 11.3 Å². The van der Waals surface area contributed by atoms with Gasteiger partial charge in [-0.1, -0.05) is 32.4 Å². The van der Waals surface area contributed by atoms with Crippen LogP contribution in [0.1, 0.15) is 44.2 Å². The lowest BCUT2D eigenvalue weighted by Crippen LogP contribution is -2.33. The molecule has 5 heteroatoms. The average Bonchev–Trinajstić information content (AvgIpc) is 2.87. The van der Waals surface area contributed by atoms with E-state index in [-0.39, 0.29) is 0 Å². The van der Waals surface area contributed by atoms with Gasteiger partial charge in [0, 0.05) is 13.1 Å². The maximum absolute atomic E-state index is 9.68. The van der Waals surface area contributed by atoms with Crippen LogP contribution in [-0.2, 0) is 0 Å². The van der Waals surface area contributed by atoms with Gasteiger partial charge in [-0.05, 0) is 92.6 Å². The summed E-state index contributed by atoms with van der Waals surface area (Å²) in [6.07, 6.45) is 5.86. The van der Waals surface area contributed by atoms with Crippen LogP contribution in [0.5, 0.6) is 11.5 Å². The van der Waals surface area contributed by atoms with Crippen LogP contribution >= 0.6 is 0 Å². The summed E-state index contributed by atoms with van der Waals surface area (Å²) in [6, 6.07) is 18.0. The fourth-order valence-electron chi connectivity index (χ4n) is 4.05. The van der Waals surface area contributed by atoms with E-state index >= 15 is 0 Å². The monoisotopic (exact) mass is 447 g/mol. The number of likely N-dealkylation sites (tertiary alicyclic amines) is 1. The van der Waals surface area contributed by atoms with Crippen LogP contribution in [0.2, 0.25) is 0 Å². The van der Waals surface area contributed by atoms with E-state index in [4.69, 9.17) is 9.47 Å². The first-order chi connectivity index (χ1) is 16.2. The molecule has 33 heavy (non-hydrogen) atoms. The largest absolute Gasteiger partial charge is 0.492 e. The third-order valence-corrected chi connectivity index (χ3v) is 6.17. The standard InChI is InChI=1S/C28H37N3O2/c1-3-30(4-2)18-20-32-28-14-10-25(11-15-28)26(23-29)22-24-8-12-27(13-9-24)33-21-19-31-16-6-5-7-17-31/h8-15,22H,3-7,16-21H2,1-2H3. The second kappa shape index (κ2) is 13.7. The van der Waals surface area contributed by atoms with Crippen molar-refractivity contribution >= 4 is 11.6 Å². The molecule has 0 saturated carbocycles. The minimum absolute atomic E-state index is 0.628. The molecule has 1 aliphatic rings. The molecule has 1 aliphatic heterocycles. The third kappa shape index (κ3) is 8.24. The molecule has 0 aliphatic carbocycles. The molecule has 5 nitrogen and oxygen atoms in total. The van der Waals surface area contributed by atoms with E-state index in [1.165, 1.54) is 32.4 Å². The second-order valence-electron chi connectivity index (χ2n) is 8.39. The number of likely N-dealkylation sites (N-methyl/N-ethyl adjacent to an activating group) is 1. The van der Waals surface area contributed by atoms with Crippen molar-refractivity contribution in [2.45, 2.75) is 33.1 Å². The summed E-state index contributed by atoms with van der Waals surface area (Å²) in [7, 11) is 0. The molecule has 0 radical (unpaired) electrons. The number of rotatable bonds is 12. The smallest absolute Gasteiger partial charge is 0.119 e. The highest BCUT2D eigenvalue weighted by atomic mass is 16.5. The van der Waals surface area contributed by atoms with E-state index < -0.39 is 0 Å². The summed E-state index contributed by atoms with van der Waals surface area (Å²) in [5.41, 5.74) is 2.49. The molecule has 0 spiro atoms. The number of nitrogens with zero attached hydrogens (tertiary/aromatic N) is 3. The van der Waals surface area contributed by atoms with Crippen LogP contribution in [0.3, 0.4) is 0 Å². The Morgan fingerprint density at radius 1 is 0.909 bits per heavy atom. The molecule has 2 aromatic carbocycles. The summed E-state index contributed by atoms with van der Waals surface area (Å²) in [5, 5.41) is 9.68. The number of ether oxygens (including phenoxy) is 2. The minimum atomic E-state index is 0.628. The molecule has 3 rings (SSSR count). The maximum Gasteiger partial charge on any atom is 0.119 e. The Morgan fingerprint density at radius 3 is 2.12 bits per heavy atom. The van der Waals surface area contributed by atoms with Gasteiger partial charge in [0.1, 0.15) is 24.7 Å². The maximum atomic E-state index is 9.68. The van der Waals surface area contributed by atoms with E-state index in [0.717, 1.165) is 48.8 Å². The number of hydrogen-bond acceptors (Lipinski definition) is 5. The molecule has 1 heterocycles. The van der Waals surface area contributed by atoms with Crippen molar-refractivity contribution in [2.75, 3.05) is 52.5 Å². The van der Waals surface area contributed by atoms with Crippen molar-refractivity contribution in [3.05, 3.63) is 59.7 Å². The van der Waals surface area contributed by atoms with Crippen molar-refractivity contribution in [3.8, 4) is 17.6 Å². The van der Waals surface area contributed by atoms with Gasteiger partial charge in [-0.15, -0.1) is 0 Å².